The van der Waals surface area contributed by atoms with E-state index in [9.17, 15) is 4.79 Å². The van der Waals surface area contributed by atoms with E-state index in [1.807, 2.05) is 0 Å². The summed E-state index contributed by atoms with van der Waals surface area (Å²) in [5.41, 5.74) is 1.03. The van der Waals surface area contributed by atoms with Gasteiger partial charge in [0.2, 0.25) is 0 Å². The smallest absolute Gasteiger partial charge is 0.304 e. The number of carbonyl (C=O) groups is 1. The lowest BCUT2D eigenvalue weighted by molar-refractivity contribution is -0.144. The molecule has 0 atom stereocenters. The summed E-state index contributed by atoms with van der Waals surface area (Å²) in [6.07, 6.45) is 2.82. The minimum Gasteiger partial charge on any atom is -0.444 e. The molecule has 15 heavy (non-hydrogen) atoms. The molecule has 0 N–H and O–H groups in total. The molecule has 2 aromatic heterocycles. The first-order valence-electron chi connectivity index (χ1n) is 4.13. The monoisotopic (exact) mass is 226 g/mol. The Hall–Kier alpha value is -1.69. The Kier molecular flexibility index (Phi) is 2.51. The largest absolute Gasteiger partial charge is 0.444 e. The predicted octanol–water partition coefficient (Wildman–Crippen LogP) is 1.00. The lowest BCUT2D eigenvalue weighted by atomic mass is 10.5. The third-order valence-electron chi connectivity index (χ3n) is 1.76. The van der Waals surface area contributed by atoms with Crippen LogP contribution in [0.2, 0.25) is 5.15 Å². The molecule has 2 rings (SSSR count). The second kappa shape index (κ2) is 3.82. The highest BCUT2D eigenvalue weighted by Crippen LogP contribution is 2.16. The van der Waals surface area contributed by atoms with Gasteiger partial charge in [0.05, 0.1) is 6.33 Å². The Labute approximate surface area is 89.9 Å². The van der Waals surface area contributed by atoms with Crippen molar-refractivity contribution in [1.29, 1.82) is 0 Å². The van der Waals surface area contributed by atoms with Gasteiger partial charge in [-0.2, -0.15) is 0 Å². The lowest BCUT2D eigenvalue weighted by Crippen LogP contribution is -2.05. The van der Waals surface area contributed by atoms with Gasteiger partial charge in [-0.15, -0.1) is 0 Å². The van der Waals surface area contributed by atoms with Crippen molar-refractivity contribution in [3.63, 3.8) is 0 Å². The second-order valence-electron chi connectivity index (χ2n) is 2.82. The highest BCUT2D eigenvalue weighted by atomic mass is 35.5. The van der Waals surface area contributed by atoms with Crippen LogP contribution in [0.25, 0.3) is 11.2 Å². The van der Waals surface area contributed by atoms with E-state index >= 15 is 0 Å². The minimum atomic E-state index is -0.364. The van der Waals surface area contributed by atoms with Gasteiger partial charge in [-0.05, 0) is 0 Å². The normalized spacial score (nSPS) is 10.5. The van der Waals surface area contributed by atoms with Crippen LogP contribution in [0.1, 0.15) is 6.92 Å². The molecule has 0 amide bonds. The molecule has 0 aliphatic carbocycles. The van der Waals surface area contributed by atoms with Crippen molar-refractivity contribution in [3.05, 3.63) is 17.8 Å². The number of esters is 1. The molecule has 0 aliphatic heterocycles. The number of nitrogens with zero attached hydrogens (tertiary/aromatic N) is 4. The third kappa shape index (κ3) is 1.89. The maximum Gasteiger partial charge on any atom is 0.304 e. The first kappa shape index (κ1) is 9.85. The van der Waals surface area contributed by atoms with Gasteiger partial charge < -0.3 is 4.74 Å². The zero-order chi connectivity index (χ0) is 10.8. The summed E-state index contributed by atoms with van der Waals surface area (Å²) in [6.45, 7) is 1.40. The second-order valence-corrected chi connectivity index (χ2v) is 3.17. The molecule has 0 aliphatic rings. The Bertz CT molecular complexity index is 510. The lowest BCUT2D eigenvalue weighted by Gasteiger charge is -2.02. The van der Waals surface area contributed by atoms with E-state index in [0.29, 0.717) is 11.2 Å². The van der Waals surface area contributed by atoms with Crippen molar-refractivity contribution < 1.29 is 9.53 Å². The van der Waals surface area contributed by atoms with Crippen molar-refractivity contribution >= 4 is 28.7 Å². The average Bonchev–Trinajstić information content (AvgIpc) is 2.59. The van der Waals surface area contributed by atoms with Crippen LogP contribution in [0.5, 0.6) is 0 Å². The molecule has 2 aromatic rings. The summed E-state index contributed by atoms with van der Waals surface area (Å²) in [4.78, 5) is 22.4. The van der Waals surface area contributed by atoms with E-state index < -0.39 is 0 Å². The van der Waals surface area contributed by atoms with Gasteiger partial charge in [0.1, 0.15) is 11.8 Å². The molecule has 0 aromatic carbocycles. The number of imidazole rings is 1. The summed E-state index contributed by atoms with van der Waals surface area (Å²) >= 11 is 5.80. The fourth-order valence-corrected chi connectivity index (χ4v) is 1.28. The Morgan fingerprint density at radius 1 is 1.53 bits per heavy atom. The SMILES string of the molecule is CC(=O)OCn1cnc2c(Cl)ncnc21. The quantitative estimate of drug-likeness (QED) is 0.564. The maximum absolute atomic E-state index is 10.6. The van der Waals surface area contributed by atoms with Crippen LogP contribution in [0.3, 0.4) is 0 Å². The van der Waals surface area contributed by atoms with E-state index in [0.717, 1.165) is 0 Å². The van der Waals surface area contributed by atoms with Crippen molar-refractivity contribution in [1.82, 2.24) is 19.5 Å². The molecule has 0 bridgehead atoms. The van der Waals surface area contributed by atoms with Crippen LogP contribution >= 0.6 is 11.6 Å². The van der Waals surface area contributed by atoms with Gasteiger partial charge in [-0.25, -0.2) is 15.0 Å². The van der Waals surface area contributed by atoms with E-state index in [1.54, 1.807) is 4.57 Å². The number of aromatic nitrogens is 4. The molecule has 2 heterocycles. The van der Waals surface area contributed by atoms with Gasteiger partial charge >= 0.3 is 5.97 Å². The molecular weight excluding hydrogens is 220 g/mol. The van der Waals surface area contributed by atoms with E-state index in [4.69, 9.17) is 16.3 Å². The van der Waals surface area contributed by atoms with E-state index in [1.165, 1.54) is 19.6 Å². The van der Waals surface area contributed by atoms with Crippen LogP contribution < -0.4 is 0 Å². The average molecular weight is 227 g/mol. The standard InChI is InChI=1S/C8H7ClN4O2/c1-5(14)15-4-13-3-12-6-7(9)10-2-11-8(6)13/h2-3H,4H2,1H3. The predicted molar refractivity (Wildman–Crippen MR) is 52.1 cm³/mol. The van der Waals surface area contributed by atoms with Gasteiger partial charge in [-0.3, -0.25) is 9.36 Å². The van der Waals surface area contributed by atoms with Crippen LogP contribution in [-0.4, -0.2) is 25.5 Å². The molecule has 0 fully saturated rings. The fourth-order valence-electron chi connectivity index (χ4n) is 1.11. The third-order valence-corrected chi connectivity index (χ3v) is 2.04. The van der Waals surface area contributed by atoms with Gasteiger partial charge in [0, 0.05) is 6.92 Å². The summed E-state index contributed by atoms with van der Waals surface area (Å²) in [5, 5.41) is 0.279. The Morgan fingerprint density at radius 2 is 2.33 bits per heavy atom. The number of halogens is 1. The molecule has 7 heteroatoms. The van der Waals surface area contributed by atoms with E-state index in [-0.39, 0.29) is 17.9 Å². The van der Waals surface area contributed by atoms with Gasteiger partial charge in [0.25, 0.3) is 0 Å². The molecule has 0 unspecified atom stereocenters. The maximum atomic E-state index is 10.6. The fraction of sp³-hybridized carbons (Fsp3) is 0.250. The number of hydrogen-bond donors (Lipinski definition) is 0. The first-order valence-corrected chi connectivity index (χ1v) is 4.51. The Morgan fingerprint density at radius 3 is 3.07 bits per heavy atom. The number of ether oxygens (including phenoxy) is 1. The topological polar surface area (TPSA) is 69.9 Å². The number of carbonyl (C=O) groups excluding carboxylic acids is 1. The van der Waals surface area contributed by atoms with Gasteiger partial charge in [0.15, 0.2) is 17.5 Å². The van der Waals surface area contributed by atoms with Crippen molar-refractivity contribution in [3.8, 4) is 0 Å². The summed E-state index contributed by atoms with van der Waals surface area (Å²) in [6, 6.07) is 0. The number of hydrogen-bond acceptors (Lipinski definition) is 5. The summed E-state index contributed by atoms with van der Waals surface area (Å²) in [7, 11) is 0. The molecule has 0 spiro atoms. The van der Waals surface area contributed by atoms with Crippen LogP contribution in [0.4, 0.5) is 0 Å². The molecular formula is C8H7ClN4O2. The zero-order valence-electron chi connectivity index (χ0n) is 7.85. The molecule has 78 valence electrons. The van der Waals surface area contributed by atoms with Crippen molar-refractivity contribution in [2.75, 3.05) is 0 Å². The highest BCUT2D eigenvalue weighted by Gasteiger charge is 2.08. The number of rotatable bonds is 2. The molecule has 0 radical (unpaired) electrons. The van der Waals surface area contributed by atoms with E-state index in [2.05, 4.69) is 15.0 Å². The first-order chi connectivity index (χ1) is 7.18. The van der Waals surface area contributed by atoms with Crippen molar-refractivity contribution in [2.45, 2.75) is 13.7 Å². The van der Waals surface area contributed by atoms with Crippen molar-refractivity contribution in [2.24, 2.45) is 0 Å². The van der Waals surface area contributed by atoms with Crippen LogP contribution in [0.15, 0.2) is 12.7 Å². The molecule has 6 nitrogen and oxygen atoms in total. The highest BCUT2D eigenvalue weighted by molar-refractivity contribution is 6.33. The number of fused-ring (bicyclic) bond motifs is 1. The Balaban J connectivity index is 2.37. The minimum absolute atomic E-state index is 0.0686. The molecule has 0 saturated heterocycles. The summed E-state index contributed by atoms with van der Waals surface area (Å²) < 4.78 is 6.39. The van der Waals surface area contributed by atoms with Crippen LogP contribution in [-0.2, 0) is 16.3 Å². The van der Waals surface area contributed by atoms with Crippen LogP contribution in [0, 0.1) is 0 Å². The molecule has 0 saturated carbocycles. The summed E-state index contributed by atoms with van der Waals surface area (Å²) in [5.74, 6) is -0.364. The van der Waals surface area contributed by atoms with Gasteiger partial charge in [-0.1, -0.05) is 11.6 Å². The zero-order valence-corrected chi connectivity index (χ0v) is 8.60.